The van der Waals surface area contributed by atoms with Crippen LogP contribution in [0.15, 0.2) is 60.7 Å². The summed E-state index contributed by atoms with van der Waals surface area (Å²) in [5, 5.41) is 7.28. The molecule has 4 nitrogen and oxygen atoms in total. The summed E-state index contributed by atoms with van der Waals surface area (Å²) in [6.45, 7) is 0.676. The summed E-state index contributed by atoms with van der Waals surface area (Å²) in [4.78, 5) is 17.2. The second-order valence-electron chi connectivity index (χ2n) is 6.16. The molecule has 0 atom stereocenters. The number of amides is 1. The molecule has 0 unspecified atom stereocenters. The standard InChI is InChI=1S/C20H19N3O/c24-20(22-15-10-11-15)17-12-19(21-13-14-6-2-1-3-7-14)23-18-9-5-4-8-16(17)18/h1-9,12,15H,10-11,13H2,(H,21,23)(H,22,24). The Hall–Kier alpha value is -2.88. The van der Waals surface area contributed by atoms with Crippen molar-refractivity contribution in [3.8, 4) is 0 Å². The van der Waals surface area contributed by atoms with Crippen molar-refractivity contribution in [1.82, 2.24) is 10.3 Å². The first-order chi connectivity index (χ1) is 11.8. The first-order valence-corrected chi connectivity index (χ1v) is 8.28. The Morgan fingerprint density at radius 3 is 2.58 bits per heavy atom. The lowest BCUT2D eigenvalue weighted by atomic mass is 10.1. The van der Waals surface area contributed by atoms with Crippen molar-refractivity contribution in [2.75, 3.05) is 5.32 Å². The molecule has 4 heteroatoms. The fourth-order valence-electron chi connectivity index (χ4n) is 2.73. The molecule has 1 heterocycles. The molecular formula is C20H19N3O. The highest BCUT2D eigenvalue weighted by Gasteiger charge is 2.24. The highest BCUT2D eigenvalue weighted by atomic mass is 16.1. The zero-order chi connectivity index (χ0) is 16.4. The number of hydrogen-bond donors (Lipinski definition) is 2. The molecule has 0 aliphatic heterocycles. The number of hydrogen-bond acceptors (Lipinski definition) is 3. The fourth-order valence-corrected chi connectivity index (χ4v) is 2.73. The normalized spacial score (nSPS) is 13.7. The highest BCUT2D eigenvalue weighted by Crippen LogP contribution is 2.24. The fraction of sp³-hybridized carbons (Fsp3) is 0.200. The Kier molecular flexibility index (Phi) is 3.87. The van der Waals surface area contributed by atoms with Gasteiger partial charge in [0.05, 0.1) is 11.1 Å². The van der Waals surface area contributed by atoms with Crippen LogP contribution in [0.5, 0.6) is 0 Å². The summed E-state index contributed by atoms with van der Waals surface area (Å²) < 4.78 is 0. The third-order valence-corrected chi connectivity index (χ3v) is 4.19. The summed E-state index contributed by atoms with van der Waals surface area (Å²) >= 11 is 0. The molecule has 120 valence electrons. The maximum absolute atomic E-state index is 12.6. The molecule has 1 amide bonds. The largest absolute Gasteiger partial charge is 0.366 e. The Labute approximate surface area is 140 Å². The van der Waals surface area contributed by atoms with Crippen molar-refractivity contribution in [2.45, 2.75) is 25.4 Å². The zero-order valence-corrected chi connectivity index (χ0v) is 13.3. The predicted octanol–water partition coefficient (Wildman–Crippen LogP) is 3.74. The minimum Gasteiger partial charge on any atom is -0.366 e. The molecule has 1 aliphatic carbocycles. The van der Waals surface area contributed by atoms with E-state index in [0.29, 0.717) is 18.2 Å². The number of para-hydroxylation sites is 1. The summed E-state index contributed by atoms with van der Waals surface area (Å²) in [7, 11) is 0. The number of aromatic nitrogens is 1. The average Bonchev–Trinajstić information content (AvgIpc) is 3.44. The number of benzene rings is 2. The number of fused-ring (bicyclic) bond motifs is 1. The number of anilines is 1. The predicted molar refractivity (Wildman–Crippen MR) is 96.0 cm³/mol. The molecule has 3 aromatic rings. The van der Waals surface area contributed by atoms with E-state index >= 15 is 0 Å². The van der Waals surface area contributed by atoms with Gasteiger partial charge in [0.2, 0.25) is 0 Å². The number of nitrogens with zero attached hydrogens (tertiary/aromatic N) is 1. The Morgan fingerprint density at radius 2 is 1.79 bits per heavy atom. The lowest BCUT2D eigenvalue weighted by Gasteiger charge is -2.11. The number of nitrogens with one attached hydrogen (secondary N) is 2. The van der Waals surface area contributed by atoms with Gasteiger partial charge in [-0.05, 0) is 30.5 Å². The van der Waals surface area contributed by atoms with Crippen LogP contribution in [0.1, 0.15) is 28.8 Å². The van der Waals surface area contributed by atoms with E-state index in [9.17, 15) is 4.79 Å². The molecule has 2 aromatic carbocycles. The van der Waals surface area contributed by atoms with E-state index < -0.39 is 0 Å². The van der Waals surface area contributed by atoms with Crippen LogP contribution in [0.2, 0.25) is 0 Å². The van der Waals surface area contributed by atoms with Crippen molar-refractivity contribution >= 4 is 22.6 Å². The number of pyridine rings is 1. The van der Waals surface area contributed by atoms with E-state index in [1.165, 1.54) is 5.56 Å². The summed E-state index contributed by atoms with van der Waals surface area (Å²) in [6, 6.07) is 20.1. The molecule has 2 N–H and O–H groups in total. The van der Waals surface area contributed by atoms with Gasteiger partial charge >= 0.3 is 0 Å². The molecule has 0 radical (unpaired) electrons. The van der Waals surface area contributed by atoms with Crippen molar-refractivity contribution in [3.63, 3.8) is 0 Å². The van der Waals surface area contributed by atoms with Gasteiger partial charge in [-0.2, -0.15) is 0 Å². The van der Waals surface area contributed by atoms with E-state index in [1.54, 1.807) is 0 Å². The SMILES string of the molecule is O=C(NC1CC1)c1cc(NCc2ccccc2)nc2ccccc12. The van der Waals surface area contributed by atoms with Gasteiger partial charge in [-0.15, -0.1) is 0 Å². The van der Waals surface area contributed by atoms with Gasteiger partial charge in [-0.25, -0.2) is 4.98 Å². The number of rotatable bonds is 5. The Bertz CT molecular complexity index is 872. The maximum Gasteiger partial charge on any atom is 0.252 e. The van der Waals surface area contributed by atoms with Crippen LogP contribution in [-0.4, -0.2) is 16.9 Å². The van der Waals surface area contributed by atoms with Gasteiger partial charge in [0.1, 0.15) is 5.82 Å². The third kappa shape index (κ3) is 3.23. The molecule has 0 saturated heterocycles. The molecule has 1 aromatic heterocycles. The second-order valence-corrected chi connectivity index (χ2v) is 6.16. The topological polar surface area (TPSA) is 54.0 Å². The Balaban J connectivity index is 1.64. The highest BCUT2D eigenvalue weighted by molar-refractivity contribution is 6.07. The third-order valence-electron chi connectivity index (χ3n) is 4.19. The summed E-state index contributed by atoms with van der Waals surface area (Å²) in [5.41, 5.74) is 2.69. The van der Waals surface area contributed by atoms with Crippen LogP contribution in [0.3, 0.4) is 0 Å². The minimum atomic E-state index is -0.0149. The lowest BCUT2D eigenvalue weighted by Crippen LogP contribution is -2.25. The van der Waals surface area contributed by atoms with Crippen molar-refractivity contribution in [1.29, 1.82) is 0 Å². The summed E-state index contributed by atoms with van der Waals surface area (Å²) in [6.07, 6.45) is 2.15. The molecule has 1 fully saturated rings. The lowest BCUT2D eigenvalue weighted by molar-refractivity contribution is 0.0952. The molecule has 1 saturated carbocycles. The van der Waals surface area contributed by atoms with Crippen LogP contribution < -0.4 is 10.6 Å². The average molecular weight is 317 g/mol. The van der Waals surface area contributed by atoms with Gasteiger partial charge in [0, 0.05) is 18.0 Å². The molecular weight excluding hydrogens is 298 g/mol. The van der Waals surface area contributed by atoms with E-state index in [0.717, 1.165) is 29.6 Å². The van der Waals surface area contributed by atoms with E-state index in [1.807, 2.05) is 48.5 Å². The quantitative estimate of drug-likeness (QED) is 0.754. The zero-order valence-electron chi connectivity index (χ0n) is 13.3. The molecule has 24 heavy (non-hydrogen) atoms. The van der Waals surface area contributed by atoms with Gasteiger partial charge in [-0.3, -0.25) is 4.79 Å². The van der Waals surface area contributed by atoms with Crippen molar-refractivity contribution < 1.29 is 4.79 Å². The monoisotopic (exact) mass is 317 g/mol. The van der Waals surface area contributed by atoms with Gasteiger partial charge in [0.15, 0.2) is 0 Å². The van der Waals surface area contributed by atoms with E-state index in [4.69, 9.17) is 0 Å². The molecule has 1 aliphatic rings. The van der Waals surface area contributed by atoms with Gasteiger partial charge in [0.25, 0.3) is 5.91 Å². The summed E-state index contributed by atoms with van der Waals surface area (Å²) in [5.74, 6) is 0.706. The molecule has 4 rings (SSSR count). The number of carbonyl (C=O) groups excluding carboxylic acids is 1. The van der Waals surface area contributed by atoms with Crippen LogP contribution in [0, 0.1) is 0 Å². The molecule has 0 spiro atoms. The van der Waals surface area contributed by atoms with Gasteiger partial charge < -0.3 is 10.6 Å². The smallest absolute Gasteiger partial charge is 0.252 e. The van der Waals surface area contributed by atoms with E-state index in [-0.39, 0.29) is 5.91 Å². The first kappa shape index (κ1) is 14.7. The number of carbonyl (C=O) groups is 1. The van der Waals surface area contributed by atoms with Crippen molar-refractivity contribution in [2.24, 2.45) is 0 Å². The maximum atomic E-state index is 12.6. The Morgan fingerprint density at radius 1 is 1.04 bits per heavy atom. The van der Waals surface area contributed by atoms with Crippen LogP contribution in [0.25, 0.3) is 10.9 Å². The van der Waals surface area contributed by atoms with Crippen LogP contribution >= 0.6 is 0 Å². The van der Waals surface area contributed by atoms with Crippen molar-refractivity contribution in [3.05, 3.63) is 71.8 Å². The van der Waals surface area contributed by atoms with E-state index in [2.05, 4.69) is 27.8 Å². The van der Waals surface area contributed by atoms with Crippen LogP contribution in [0.4, 0.5) is 5.82 Å². The molecule has 0 bridgehead atoms. The minimum absolute atomic E-state index is 0.0149. The van der Waals surface area contributed by atoms with Gasteiger partial charge in [-0.1, -0.05) is 48.5 Å². The first-order valence-electron chi connectivity index (χ1n) is 8.28. The van der Waals surface area contributed by atoms with Crippen LogP contribution in [-0.2, 0) is 6.54 Å². The second kappa shape index (κ2) is 6.32.